The Morgan fingerprint density at radius 1 is 1.11 bits per heavy atom. The minimum absolute atomic E-state index is 0.0712. The summed E-state index contributed by atoms with van der Waals surface area (Å²) in [6, 6.07) is 9.89. The van der Waals surface area contributed by atoms with Gasteiger partial charge in [0.05, 0.1) is 28.9 Å². The van der Waals surface area contributed by atoms with Crippen LogP contribution in [-0.4, -0.2) is 29.0 Å². The lowest BCUT2D eigenvalue weighted by molar-refractivity contribution is 0.0968. The summed E-state index contributed by atoms with van der Waals surface area (Å²) in [5, 5.41) is 15.1. The molecule has 0 radical (unpaired) electrons. The lowest BCUT2D eigenvalue weighted by atomic mass is 9.81. The second-order valence-electron chi connectivity index (χ2n) is 10.9. The Balaban J connectivity index is 1.53. The van der Waals surface area contributed by atoms with Gasteiger partial charge in [-0.3, -0.25) is 9.78 Å². The van der Waals surface area contributed by atoms with Gasteiger partial charge in [-0.2, -0.15) is 0 Å². The largest absolute Gasteiger partial charge is 0.503 e. The van der Waals surface area contributed by atoms with Gasteiger partial charge in [0.15, 0.2) is 17.3 Å². The molecule has 36 heavy (non-hydrogen) atoms. The number of phenolic OH excluding ortho intramolecular Hbond substituents is 1. The number of ketones is 1. The van der Waals surface area contributed by atoms with Crippen molar-refractivity contribution in [2.24, 2.45) is 17.8 Å². The van der Waals surface area contributed by atoms with Crippen LogP contribution in [0.25, 0.3) is 22.0 Å². The Bertz CT molecular complexity index is 1280. The molecule has 0 bridgehead atoms. The third-order valence-corrected chi connectivity index (χ3v) is 7.95. The molecule has 0 amide bonds. The highest BCUT2D eigenvalue weighted by Gasteiger charge is 2.33. The summed E-state index contributed by atoms with van der Waals surface area (Å²) in [5.41, 5.74) is 4.20. The first-order valence-electron chi connectivity index (χ1n) is 13.1. The van der Waals surface area contributed by atoms with Crippen molar-refractivity contribution in [3.63, 3.8) is 0 Å². The summed E-state index contributed by atoms with van der Waals surface area (Å²) in [6.45, 7) is 4.61. The van der Waals surface area contributed by atoms with Crippen molar-refractivity contribution in [2.75, 3.05) is 12.4 Å². The van der Waals surface area contributed by atoms with E-state index in [1.54, 1.807) is 18.3 Å². The number of halogens is 1. The number of carbonyl (C=O) groups excluding carboxylic acids is 1. The van der Waals surface area contributed by atoms with Crippen LogP contribution in [0.15, 0.2) is 36.5 Å². The predicted molar refractivity (Wildman–Crippen MR) is 146 cm³/mol. The monoisotopic (exact) mass is 506 g/mol. The quantitative estimate of drug-likeness (QED) is 0.304. The Kier molecular flexibility index (Phi) is 7.11. The molecule has 2 aromatic carbocycles. The summed E-state index contributed by atoms with van der Waals surface area (Å²) < 4.78 is 5.31. The van der Waals surface area contributed by atoms with Crippen molar-refractivity contribution in [2.45, 2.75) is 64.8 Å². The first-order chi connectivity index (χ1) is 17.3. The Morgan fingerprint density at radius 2 is 1.86 bits per heavy atom. The number of ether oxygens (including phenoxy) is 1. The summed E-state index contributed by atoms with van der Waals surface area (Å²) in [5.74, 6) is 2.10. The van der Waals surface area contributed by atoms with E-state index < -0.39 is 0 Å². The fourth-order valence-corrected chi connectivity index (χ4v) is 5.80. The summed E-state index contributed by atoms with van der Waals surface area (Å²) in [7, 11) is 1.51. The van der Waals surface area contributed by atoms with Gasteiger partial charge in [-0.05, 0) is 92.2 Å². The summed E-state index contributed by atoms with van der Waals surface area (Å²) in [4.78, 5) is 17.9. The third-order valence-electron chi connectivity index (χ3n) is 7.66. The smallest absolute Gasteiger partial charge is 0.176 e. The number of carbonyl (C=O) groups is 1. The van der Waals surface area contributed by atoms with Crippen LogP contribution in [0, 0.1) is 17.8 Å². The van der Waals surface area contributed by atoms with Crippen molar-refractivity contribution < 1.29 is 14.6 Å². The number of methoxy groups -OCH3 is 1. The predicted octanol–water partition coefficient (Wildman–Crippen LogP) is 7.88. The number of fused-ring (bicyclic) bond motifs is 1. The standard InChI is InChI=1S/C30H35ClN2O3/c1-17(2)12-18-4-9-22(10-5-18)33-28-23-13-20(21-14-25(31)30(35)27(15-21)36-3)8-11-26(23)32-16-24(28)29(34)19-6-7-19/h8,11,13-19,22,35H,4-7,9-10,12H2,1-3H3,(H,32,33)/t18-,22+. The zero-order valence-corrected chi connectivity index (χ0v) is 22.1. The van der Waals surface area contributed by atoms with Crippen molar-refractivity contribution in [3.05, 3.63) is 47.1 Å². The third kappa shape index (κ3) is 5.17. The average molecular weight is 507 g/mol. The van der Waals surface area contributed by atoms with E-state index in [2.05, 4.69) is 30.2 Å². The number of hydrogen-bond acceptors (Lipinski definition) is 5. The van der Waals surface area contributed by atoms with E-state index in [4.69, 9.17) is 16.3 Å². The molecule has 6 heteroatoms. The molecule has 0 aliphatic heterocycles. The van der Waals surface area contributed by atoms with E-state index in [0.29, 0.717) is 17.4 Å². The molecule has 5 rings (SSSR count). The Morgan fingerprint density at radius 3 is 2.53 bits per heavy atom. The number of Topliss-reactive ketones (excluding diaryl/α,β-unsaturated/α-hetero) is 1. The van der Waals surface area contributed by atoms with E-state index >= 15 is 0 Å². The van der Waals surface area contributed by atoms with Crippen LogP contribution in [0.5, 0.6) is 11.5 Å². The first-order valence-corrected chi connectivity index (χ1v) is 13.5. The molecule has 1 aromatic heterocycles. The van der Waals surface area contributed by atoms with Crippen molar-refractivity contribution in [3.8, 4) is 22.6 Å². The van der Waals surface area contributed by atoms with Gasteiger partial charge < -0.3 is 15.2 Å². The molecule has 5 nitrogen and oxygen atoms in total. The molecule has 2 aliphatic rings. The number of aromatic hydroxyl groups is 1. The molecule has 0 unspecified atom stereocenters. The molecule has 2 fully saturated rings. The van der Waals surface area contributed by atoms with Gasteiger partial charge in [0.2, 0.25) is 0 Å². The molecule has 190 valence electrons. The van der Waals surface area contributed by atoms with Gasteiger partial charge >= 0.3 is 0 Å². The number of rotatable bonds is 8. The molecule has 3 aromatic rings. The molecular weight excluding hydrogens is 472 g/mol. The zero-order valence-electron chi connectivity index (χ0n) is 21.3. The SMILES string of the molecule is COc1cc(-c2ccc3ncc(C(=O)C4CC4)c(N[C@H]4CC[C@@H](CC(C)C)CC4)c3c2)cc(Cl)c1O. The van der Waals surface area contributed by atoms with Gasteiger partial charge in [0.25, 0.3) is 0 Å². The Labute approximate surface area is 218 Å². The van der Waals surface area contributed by atoms with Gasteiger partial charge in [0, 0.05) is 23.5 Å². The molecule has 1 heterocycles. The zero-order chi connectivity index (χ0) is 25.4. The fraction of sp³-hybridized carbons (Fsp3) is 0.467. The lowest BCUT2D eigenvalue weighted by Crippen LogP contribution is -2.27. The number of benzene rings is 2. The van der Waals surface area contributed by atoms with Crippen LogP contribution >= 0.6 is 11.6 Å². The van der Waals surface area contributed by atoms with Crippen LogP contribution in [0.1, 0.15) is 69.2 Å². The van der Waals surface area contributed by atoms with Crippen LogP contribution in [0.2, 0.25) is 5.02 Å². The lowest BCUT2D eigenvalue weighted by Gasteiger charge is -2.31. The normalized spacial score (nSPS) is 20.0. The summed E-state index contributed by atoms with van der Waals surface area (Å²) >= 11 is 6.28. The highest BCUT2D eigenvalue weighted by molar-refractivity contribution is 6.32. The van der Waals surface area contributed by atoms with Crippen molar-refractivity contribution in [1.29, 1.82) is 0 Å². The van der Waals surface area contributed by atoms with Crippen molar-refractivity contribution in [1.82, 2.24) is 4.98 Å². The molecular formula is C30H35ClN2O3. The van der Waals surface area contributed by atoms with Crippen LogP contribution in [-0.2, 0) is 0 Å². The second kappa shape index (κ2) is 10.3. The van der Waals surface area contributed by atoms with Gasteiger partial charge in [0.1, 0.15) is 0 Å². The number of phenols is 1. The molecule has 0 spiro atoms. The van der Waals surface area contributed by atoms with E-state index in [9.17, 15) is 9.90 Å². The van der Waals surface area contributed by atoms with Gasteiger partial charge in [-0.25, -0.2) is 0 Å². The maximum absolute atomic E-state index is 13.3. The second-order valence-corrected chi connectivity index (χ2v) is 11.3. The van der Waals surface area contributed by atoms with Crippen molar-refractivity contribution >= 4 is 34.0 Å². The number of nitrogens with one attached hydrogen (secondary N) is 1. The minimum atomic E-state index is -0.0712. The van der Waals surface area contributed by atoms with Gasteiger partial charge in [-0.1, -0.05) is 31.5 Å². The highest BCUT2D eigenvalue weighted by atomic mass is 35.5. The highest BCUT2D eigenvalue weighted by Crippen LogP contribution is 2.41. The molecule has 2 aliphatic carbocycles. The molecule has 0 atom stereocenters. The average Bonchev–Trinajstić information content (AvgIpc) is 3.71. The van der Waals surface area contributed by atoms with E-state index in [0.717, 1.165) is 65.2 Å². The number of hydrogen-bond donors (Lipinski definition) is 2. The molecule has 2 N–H and O–H groups in total. The number of anilines is 1. The Hall–Kier alpha value is -2.79. The maximum Gasteiger partial charge on any atom is 0.176 e. The number of pyridine rings is 1. The van der Waals surface area contributed by atoms with E-state index in [1.165, 1.54) is 26.4 Å². The molecule has 2 saturated carbocycles. The van der Waals surface area contributed by atoms with Crippen LogP contribution < -0.4 is 10.1 Å². The van der Waals surface area contributed by atoms with Crippen LogP contribution in [0.3, 0.4) is 0 Å². The van der Waals surface area contributed by atoms with Crippen LogP contribution in [0.4, 0.5) is 5.69 Å². The minimum Gasteiger partial charge on any atom is -0.503 e. The van der Waals surface area contributed by atoms with Gasteiger partial charge in [-0.15, -0.1) is 0 Å². The summed E-state index contributed by atoms with van der Waals surface area (Å²) in [6.07, 6.45) is 9.65. The van der Waals surface area contributed by atoms with E-state index in [1.807, 2.05) is 12.1 Å². The fourth-order valence-electron chi connectivity index (χ4n) is 5.59. The maximum atomic E-state index is 13.3. The van der Waals surface area contributed by atoms with E-state index in [-0.39, 0.29) is 22.5 Å². The number of nitrogens with zero attached hydrogens (tertiary/aromatic N) is 1. The first kappa shape index (κ1) is 24.9. The number of aromatic nitrogens is 1. The molecule has 0 saturated heterocycles. The topological polar surface area (TPSA) is 71.5 Å².